The van der Waals surface area contributed by atoms with Crippen LogP contribution in [0.25, 0.3) is 0 Å². The molecule has 0 aromatic heterocycles. The lowest BCUT2D eigenvalue weighted by Gasteiger charge is -2.02. The van der Waals surface area contributed by atoms with Gasteiger partial charge in [-0.15, -0.1) is 0 Å². The number of rotatable bonds is 10. The minimum Gasteiger partial charge on any atom is -0.273 e. The van der Waals surface area contributed by atoms with Crippen LogP contribution in [0.2, 0.25) is 0 Å². The maximum absolute atomic E-state index is 11.4. The third kappa shape index (κ3) is 14.5. The Labute approximate surface area is 127 Å². The van der Waals surface area contributed by atoms with Crippen molar-refractivity contribution in [2.75, 3.05) is 0 Å². The number of carbonyl (C=O) groups is 2. The summed E-state index contributed by atoms with van der Waals surface area (Å²) in [5, 5.41) is 7.73. The monoisotopic (exact) mass is 296 g/mol. The van der Waals surface area contributed by atoms with Crippen molar-refractivity contribution in [3.63, 3.8) is 0 Å². The molecule has 0 aromatic rings. The van der Waals surface area contributed by atoms with Crippen LogP contribution in [-0.4, -0.2) is 23.2 Å². The van der Waals surface area contributed by atoms with Crippen LogP contribution in [0.5, 0.6) is 0 Å². The molecule has 0 spiro atoms. The molecule has 0 atom stereocenters. The highest BCUT2D eigenvalue weighted by molar-refractivity contribution is 5.82. The van der Waals surface area contributed by atoms with E-state index in [-0.39, 0.29) is 11.8 Å². The molecule has 0 aliphatic rings. The molecule has 0 heterocycles. The number of hydrazone groups is 2. The molecule has 2 N–H and O–H groups in total. The topological polar surface area (TPSA) is 82.9 Å². The molecular weight excluding hydrogens is 268 g/mol. The second-order valence-corrected chi connectivity index (χ2v) is 5.46. The van der Waals surface area contributed by atoms with E-state index in [2.05, 4.69) is 21.1 Å². The van der Waals surface area contributed by atoms with E-state index in [0.29, 0.717) is 12.8 Å². The van der Waals surface area contributed by atoms with Crippen molar-refractivity contribution in [2.45, 2.75) is 72.6 Å². The average molecular weight is 296 g/mol. The van der Waals surface area contributed by atoms with Crippen LogP contribution >= 0.6 is 0 Å². The molecule has 0 saturated carbocycles. The Kier molecular flexibility index (Phi) is 11.1. The Morgan fingerprint density at radius 3 is 1.33 bits per heavy atom. The summed E-state index contributed by atoms with van der Waals surface area (Å²) >= 11 is 0. The van der Waals surface area contributed by atoms with Gasteiger partial charge in [-0.1, -0.05) is 19.3 Å². The number of carbonyl (C=O) groups excluding carboxylic acids is 2. The van der Waals surface area contributed by atoms with Crippen LogP contribution in [0, 0.1) is 0 Å². The maximum atomic E-state index is 11.4. The third-order valence-corrected chi connectivity index (χ3v) is 2.62. The van der Waals surface area contributed by atoms with Crippen LogP contribution in [0.4, 0.5) is 0 Å². The molecule has 0 fully saturated rings. The van der Waals surface area contributed by atoms with Crippen molar-refractivity contribution in [3.05, 3.63) is 0 Å². The highest BCUT2D eigenvalue weighted by Crippen LogP contribution is 2.07. The van der Waals surface area contributed by atoms with E-state index >= 15 is 0 Å². The molecular formula is C15H28N4O2. The van der Waals surface area contributed by atoms with Gasteiger partial charge in [0.05, 0.1) is 0 Å². The zero-order valence-corrected chi connectivity index (χ0v) is 13.7. The Bertz CT molecular complexity index is 345. The van der Waals surface area contributed by atoms with Gasteiger partial charge in [0.15, 0.2) is 0 Å². The number of nitrogens with zero attached hydrogens (tertiary/aromatic N) is 2. The smallest absolute Gasteiger partial charge is 0.240 e. The fourth-order valence-corrected chi connectivity index (χ4v) is 1.56. The summed E-state index contributed by atoms with van der Waals surface area (Å²) in [7, 11) is 0. The first-order valence-corrected chi connectivity index (χ1v) is 7.51. The molecule has 0 aliphatic carbocycles. The summed E-state index contributed by atoms with van der Waals surface area (Å²) in [6, 6.07) is 0. The average Bonchev–Trinajstić information content (AvgIpc) is 2.41. The Morgan fingerprint density at radius 1 is 0.667 bits per heavy atom. The van der Waals surface area contributed by atoms with E-state index in [1.165, 1.54) is 0 Å². The van der Waals surface area contributed by atoms with Gasteiger partial charge in [-0.2, -0.15) is 10.2 Å². The lowest BCUT2D eigenvalue weighted by molar-refractivity contribution is -0.121. The normalized spacial score (nSPS) is 9.71. The standard InChI is InChI=1S/C15H28N4O2/c1-12(2)16-18-14(20)10-8-6-5-7-9-11-15(21)19-17-13(3)4/h5-11H2,1-4H3,(H,18,20)(H,19,21). The highest BCUT2D eigenvalue weighted by atomic mass is 16.2. The van der Waals surface area contributed by atoms with Gasteiger partial charge in [0, 0.05) is 24.3 Å². The molecule has 0 rings (SSSR count). The molecule has 0 aliphatic heterocycles. The molecule has 0 aromatic carbocycles. The summed E-state index contributed by atoms with van der Waals surface area (Å²) < 4.78 is 0. The van der Waals surface area contributed by atoms with Gasteiger partial charge in [0.25, 0.3) is 0 Å². The van der Waals surface area contributed by atoms with Gasteiger partial charge >= 0.3 is 0 Å². The molecule has 21 heavy (non-hydrogen) atoms. The number of nitrogens with one attached hydrogen (secondary N) is 2. The minimum absolute atomic E-state index is 0.0385. The minimum atomic E-state index is -0.0385. The number of hydrogen-bond acceptors (Lipinski definition) is 4. The summed E-state index contributed by atoms with van der Waals surface area (Å²) in [6.07, 6.45) is 5.74. The number of amides is 2. The lowest BCUT2D eigenvalue weighted by Crippen LogP contribution is -2.18. The maximum Gasteiger partial charge on any atom is 0.240 e. The van der Waals surface area contributed by atoms with Crippen LogP contribution in [0.1, 0.15) is 72.6 Å². The third-order valence-electron chi connectivity index (χ3n) is 2.62. The molecule has 0 saturated heterocycles. The molecule has 2 amide bonds. The van der Waals surface area contributed by atoms with Gasteiger partial charge in [-0.3, -0.25) is 9.59 Å². The van der Waals surface area contributed by atoms with Crippen molar-refractivity contribution in [1.82, 2.24) is 10.9 Å². The van der Waals surface area contributed by atoms with Crippen LogP contribution in [0.15, 0.2) is 10.2 Å². The van der Waals surface area contributed by atoms with Crippen LogP contribution in [0.3, 0.4) is 0 Å². The molecule has 6 heteroatoms. The van der Waals surface area contributed by atoms with E-state index in [1.54, 1.807) is 0 Å². The molecule has 0 bridgehead atoms. The predicted molar refractivity (Wildman–Crippen MR) is 86.2 cm³/mol. The van der Waals surface area contributed by atoms with Crippen molar-refractivity contribution >= 4 is 23.2 Å². The van der Waals surface area contributed by atoms with Crippen molar-refractivity contribution in [1.29, 1.82) is 0 Å². The zero-order valence-electron chi connectivity index (χ0n) is 13.7. The first-order valence-electron chi connectivity index (χ1n) is 7.51. The van der Waals surface area contributed by atoms with Gasteiger partial charge < -0.3 is 0 Å². The fraction of sp³-hybridized carbons (Fsp3) is 0.733. The van der Waals surface area contributed by atoms with Gasteiger partial charge in [0.2, 0.25) is 11.8 Å². The Hall–Kier alpha value is -1.72. The Balaban J connectivity index is 3.44. The van der Waals surface area contributed by atoms with Crippen LogP contribution in [-0.2, 0) is 9.59 Å². The largest absolute Gasteiger partial charge is 0.273 e. The highest BCUT2D eigenvalue weighted by Gasteiger charge is 2.01. The van der Waals surface area contributed by atoms with Crippen molar-refractivity contribution < 1.29 is 9.59 Å². The molecule has 6 nitrogen and oxygen atoms in total. The molecule has 0 radical (unpaired) electrons. The summed E-state index contributed by atoms with van der Waals surface area (Å²) in [4.78, 5) is 22.7. The van der Waals surface area contributed by atoms with E-state index in [9.17, 15) is 9.59 Å². The quantitative estimate of drug-likeness (QED) is 0.369. The predicted octanol–water partition coefficient (Wildman–Crippen LogP) is 2.74. The second-order valence-electron chi connectivity index (χ2n) is 5.46. The van der Waals surface area contributed by atoms with Crippen molar-refractivity contribution in [2.24, 2.45) is 10.2 Å². The fourth-order valence-electron chi connectivity index (χ4n) is 1.56. The first kappa shape index (κ1) is 19.3. The summed E-state index contributed by atoms with van der Waals surface area (Å²) in [5.74, 6) is -0.0771. The van der Waals surface area contributed by atoms with E-state index in [0.717, 1.165) is 43.5 Å². The number of unbranched alkanes of at least 4 members (excludes halogenated alkanes) is 4. The van der Waals surface area contributed by atoms with E-state index in [4.69, 9.17) is 0 Å². The molecule has 0 unspecified atom stereocenters. The molecule has 120 valence electrons. The summed E-state index contributed by atoms with van der Waals surface area (Å²) in [6.45, 7) is 7.35. The second kappa shape index (κ2) is 12.1. The summed E-state index contributed by atoms with van der Waals surface area (Å²) in [5.41, 5.74) is 6.69. The Morgan fingerprint density at radius 2 is 1.00 bits per heavy atom. The zero-order chi connectivity index (χ0) is 16.1. The van der Waals surface area contributed by atoms with E-state index < -0.39 is 0 Å². The van der Waals surface area contributed by atoms with Crippen molar-refractivity contribution in [3.8, 4) is 0 Å². The van der Waals surface area contributed by atoms with Gasteiger partial charge in [-0.25, -0.2) is 10.9 Å². The van der Waals surface area contributed by atoms with Crippen LogP contribution < -0.4 is 10.9 Å². The number of hydrogen-bond donors (Lipinski definition) is 2. The first-order chi connectivity index (χ1) is 9.91. The van der Waals surface area contributed by atoms with Gasteiger partial charge in [-0.05, 0) is 40.5 Å². The van der Waals surface area contributed by atoms with Gasteiger partial charge in [0.1, 0.15) is 0 Å². The lowest BCUT2D eigenvalue weighted by atomic mass is 10.1. The van der Waals surface area contributed by atoms with E-state index in [1.807, 2.05) is 27.7 Å². The SMILES string of the molecule is CC(C)=NNC(=O)CCCCCCCC(=O)NN=C(C)C.